The minimum Gasteiger partial charge on any atom is -0.444 e. The number of sulfonamides is 1. The van der Waals surface area contributed by atoms with Gasteiger partial charge in [0.15, 0.2) is 0 Å². The molecule has 2 aromatic rings. The summed E-state index contributed by atoms with van der Waals surface area (Å²) in [6, 6.07) is 13.5. The molecule has 2 aromatic carbocycles. The highest BCUT2D eigenvalue weighted by Crippen LogP contribution is 2.34. The van der Waals surface area contributed by atoms with E-state index in [4.69, 9.17) is 9.88 Å². The number of benzene rings is 2. The van der Waals surface area contributed by atoms with Crippen molar-refractivity contribution in [2.24, 2.45) is 11.1 Å². The van der Waals surface area contributed by atoms with E-state index in [1.165, 1.54) is 6.07 Å². The summed E-state index contributed by atoms with van der Waals surface area (Å²) < 4.78 is 29.8. The zero-order valence-electron chi connectivity index (χ0n) is 18.5. The number of hydrogen-bond acceptors (Lipinski definition) is 5. The number of rotatable bonds is 4. The van der Waals surface area contributed by atoms with Crippen LogP contribution in [-0.4, -0.2) is 44.0 Å². The van der Waals surface area contributed by atoms with E-state index in [2.05, 4.69) is 5.32 Å². The van der Waals surface area contributed by atoms with Crippen LogP contribution < -0.4 is 10.5 Å². The van der Waals surface area contributed by atoms with Gasteiger partial charge in [0.25, 0.3) is 0 Å². The van der Waals surface area contributed by atoms with Gasteiger partial charge in [-0.25, -0.2) is 18.4 Å². The first-order valence-electron chi connectivity index (χ1n) is 10.5. The van der Waals surface area contributed by atoms with Crippen LogP contribution in [0.25, 0.3) is 11.1 Å². The number of piperidine rings is 1. The molecule has 9 heteroatoms. The van der Waals surface area contributed by atoms with Gasteiger partial charge in [-0.15, -0.1) is 0 Å². The Bertz CT molecular complexity index is 1090. The van der Waals surface area contributed by atoms with Crippen molar-refractivity contribution in [1.82, 2.24) is 4.90 Å². The second-order valence-corrected chi connectivity index (χ2v) is 10.4. The van der Waals surface area contributed by atoms with Gasteiger partial charge in [0, 0.05) is 30.3 Å². The molecule has 1 fully saturated rings. The summed E-state index contributed by atoms with van der Waals surface area (Å²) in [6.07, 6.45) is 0.588. The van der Waals surface area contributed by atoms with Crippen LogP contribution in [-0.2, 0) is 19.6 Å². The number of ether oxygens (including phenoxy) is 1. The highest BCUT2D eigenvalue weighted by Gasteiger charge is 2.30. The van der Waals surface area contributed by atoms with Gasteiger partial charge in [-0.3, -0.25) is 4.79 Å². The second-order valence-electron chi connectivity index (χ2n) is 8.82. The average molecular weight is 460 g/mol. The first-order valence-corrected chi connectivity index (χ1v) is 12.0. The van der Waals surface area contributed by atoms with Gasteiger partial charge in [0.2, 0.25) is 15.9 Å². The lowest BCUT2D eigenvalue weighted by molar-refractivity contribution is -0.121. The number of likely N-dealkylation sites (tertiary alicyclic amines) is 1. The van der Waals surface area contributed by atoms with E-state index in [0.29, 0.717) is 42.7 Å². The van der Waals surface area contributed by atoms with Gasteiger partial charge in [-0.1, -0.05) is 36.4 Å². The van der Waals surface area contributed by atoms with Crippen LogP contribution in [0.4, 0.5) is 10.5 Å². The zero-order valence-corrected chi connectivity index (χ0v) is 19.3. The van der Waals surface area contributed by atoms with Crippen LogP contribution in [0.5, 0.6) is 0 Å². The fraction of sp³-hybridized carbons (Fsp3) is 0.391. The topological polar surface area (TPSA) is 119 Å². The molecule has 1 aliphatic rings. The maximum absolute atomic E-state index is 13.0. The number of carbonyl (C=O) groups is 2. The molecule has 0 saturated carbocycles. The molecule has 3 N–H and O–H groups in total. The summed E-state index contributed by atoms with van der Waals surface area (Å²) in [5, 5.41) is 8.31. The van der Waals surface area contributed by atoms with E-state index in [-0.39, 0.29) is 22.8 Å². The van der Waals surface area contributed by atoms with Crippen LogP contribution in [0, 0.1) is 5.92 Å². The van der Waals surface area contributed by atoms with Gasteiger partial charge in [0.05, 0.1) is 4.90 Å². The number of nitrogens with one attached hydrogen (secondary N) is 1. The molecule has 1 saturated heterocycles. The van der Waals surface area contributed by atoms with E-state index in [1.54, 1.807) is 41.3 Å². The lowest BCUT2D eigenvalue weighted by Crippen LogP contribution is -2.43. The van der Waals surface area contributed by atoms with Crippen molar-refractivity contribution in [3.05, 3.63) is 48.5 Å². The molecule has 0 aromatic heterocycles. The third-order valence-corrected chi connectivity index (χ3v) is 6.12. The van der Waals surface area contributed by atoms with E-state index in [9.17, 15) is 18.0 Å². The number of amides is 2. The number of nitrogens with zero attached hydrogens (tertiary/aromatic N) is 1. The third-order valence-electron chi connectivity index (χ3n) is 5.17. The predicted molar refractivity (Wildman–Crippen MR) is 122 cm³/mol. The van der Waals surface area contributed by atoms with Crippen molar-refractivity contribution >= 4 is 27.7 Å². The summed E-state index contributed by atoms with van der Waals surface area (Å²) >= 11 is 0. The maximum Gasteiger partial charge on any atom is 0.410 e. The number of nitrogens with two attached hydrogens (primary N) is 1. The molecule has 0 spiro atoms. The number of primary sulfonamides is 1. The normalized spacial score (nSPS) is 15.3. The Morgan fingerprint density at radius 1 is 1.03 bits per heavy atom. The first-order chi connectivity index (χ1) is 15.0. The van der Waals surface area contributed by atoms with Crippen molar-refractivity contribution in [1.29, 1.82) is 0 Å². The van der Waals surface area contributed by atoms with Gasteiger partial charge in [-0.2, -0.15) is 0 Å². The molecule has 1 heterocycles. The van der Waals surface area contributed by atoms with Gasteiger partial charge in [0.1, 0.15) is 5.60 Å². The Balaban J connectivity index is 1.77. The Hall–Kier alpha value is -2.91. The van der Waals surface area contributed by atoms with Crippen molar-refractivity contribution in [3.63, 3.8) is 0 Å². The SMILES string of the molecule is CC(C)(C)OC(=O)N1CCC(C(=O)Nc2cccc(S(N)(=O)=O)c2-c2ccccc2)CC1. The molecule has 0 atom stereocenters. The summed E-state index contributed by atoms with van der Waals surface area (Å²) in [6.45, 7) is 6.26. The quantitative estimate of drug-likeness (QED) is 0.724. The van der Waals surface area contributed by atoms with Crippen LogP contribution in [0.2, 0.25) is 0 Å². The number of carbonyl (C=O) groups excluding carboxylic acids is 2. The molecule has 0 aliphatic carbocycles. The molecule has 0 bridgehead atoms. The highest BCUT2D eigenvalue weighted by molar-refractivity contribution is 7.89. The Morgan fingerprint density at radius 2 is 1.66 bits per heavy atom. The maximum atomic E-state index is 13.0. The molecule has 0 unspecified atom stereocenters. The van der Waals surface area contributed by atoms with Crippen molar-refractivity contribution in [3.8, 4) is 11.1 Å². The number of hydrogen-bond donors (Lipinski definition) is 2. The molecule has 2 amide bonds. The van der Waals surface area contributed by atoms with Gasteiger partial charge >= 0.3 is 6.09 Å². The summed E-state index contributed by atoms with van der Waals surface area (Å²) in [5.74, 6) is -0.534. The van der Waals surface area contributed by atoms with E-state index in [1.807, 2.05) is 26.8 Å². The second kappa shape index (κ2) is 9.30. The molecular weight excluding hydrogens is 430 g/mol. The predicted octanol–water partition coefficient (Wildman–Crippen LogP) is 3.59. The van der Waals surface area contributed by atoms with E-state index >= 15 is 0 Å². The highest BCUT2D eigenvalue weighted by atomic mass is 32.2. The monoisotopic (exact) mass is 459 g/mol. The molecule has 0 radical (unpaired) electrons. The Labute approximate surface area is 188 Å². The van der Waals surface area contributed by atoms with Gasteiger partial charge < -0.3 is 15.0 Å². The fourth-order valence-electron chi connectivity index (χ4n) is 3.66. The molecular formula is C23H29N3O5S. The van der Waals surface area contributed by atoms with Crippen molar-refractivity contribution in [2.75, 3.05) is 18.4 Å². The van der Waals surface area contributed by atoms with Crippen LogP contribution in [0.3, 0.4) is 0 Å². The fourth-order valence-corrected chi connectivity index (χ4v) is 4.44. The molecule has 32 heavy (non-hydrogen) atoms. The van der Waals surface area contributed by atoms with Gasteiger partial charge in [-0.05, 0) is 51.3 Å². The lowest BCUT2D eigenvalue weighted by Gasteiger charge is -2.33. The third kappa shape index (κ3) is 5.86. The molecule has 3 rings (SSSR count). The Morgan fingerprint density at radius 3 is 2.22 bits per heavy atom. The smallest absolute Gasteiger partial charge is 0.410 e. The lowest BCUT2D eigenvalue weighted by atomic mass is 9.95. The first kappa shape index (κ1) is 23.7. The summed E-state index contributed by atoms with van der Waals surface area (Å²) in [7, 11) is -4.01. The Kier molecular flexibility index (Phi) is 6.90. The summed E-state index contributed by atoms with van der Waals surface area (Å²) in [4.78, 5) is 26.8. The molecule has 172 valence electrons. The van der Waals surface area contributed by atoms with E-state index in [0.717, 1.165) is 0 Å². The molecule has 8 nitrogen and oxygen atoms in total. The largest absolute Gasteiger partial charge is 0.444 e. The van der Waals surface area contributed by atoms with Crippen LogP contribution in [0.1, 0.15) is 33.6 Å². The minimum absolute atomic E-state index is 0.0544. The number of anilines is 1. The van der Waals surface area contributed by atoms with E-state index < -0.39 is 15.6 Å². The minimum atomic E-state index is -4.01. The van der Waals surface area contributed by atoms with Crippen LogP contribution >= 0.6 is 0 Å². The van der Waals surface area contributed by atoms with Crippen molar-refractivity contribution in [2.45, 2.75) is 44.1 Å². The summed E-state index contributed by atoms with van der Waals surface area (Å²) in [5.41, 5.74) is 0.789. The zero-order chi connectivity index (χ0) is 23.5. The molecule has 1 aliphatic heterocycles. The standard InChI is InChI=1S/C23H29N3O5S/c1-23(2,3)31-22(28)26-14-12-17(13-15-26)21(27)25-18-10-7-11-19(32(24,29)30)20(18)16-8-5-4-6-9-16/h4-11,17H,12-15H2,1-3H3,(H,25,27)(H2,24,29,30). The average Bonchev–Trinajstić information content (AvgIpc) is 2.72. The van der Waals surface area contributed by atoms with Crippen LogP contribution in [0.15, 0.2) is 53.4 Å². The van der Waals surface area contributed by atoms with Crippen molar-refractivity contribution < 1.29 is 22.7 Å².